The number of hydrogen-bond donors (Lipinski definition) is 0. The molecule has 1 unspecified atom stereocenters. The first kappa shape index (κ1) is 14.2. The quantitative estimate of drug-likeness (QED) is 0.575. The van der Waals surface area contributed by atoms with Crippen molar-refractivity contribution in [1.82, 2.24) is 0 Å². The monoisotopic (exact) mass is 251 g/mol. The summed E-state index contributed by atoms with van der Waals surface area (Å²) in [7, 11) is 0. The van der Waals surface area contributed by atoms with Crippen LogP contribution in [-0.4, -0.2) is 17.3 Å². The normalized spacial score (nSPS) is 11.9. The van der Waals surface area contributed by atoms with Crippen LogP contribution in [0.5, 0.6) is 5.75 Å². The van der Waals surface area contributed by atoms with Gasteiger partial charge in [-0.05, 0) is 25.5 Å². The molecule has 0 aliphatic rings. The fraction of sp³-hybridized carbons (Fsp3) is 0.462. The number of carbonyl (C=O) groups is 1. The Hall–Kier alpha value is -1.91. The Bertz CT molecular complexity index is 456. The molecule has 0 radical (unpaired) electrons. The van der Waals surface area contributed by atoms with E-state index >= 15 is 0 Å². The van der Waals surface area contributed by atoms with Crippen LogP contribution in [0, 0.1) is 23.0 Å². The highest BCUT2D eigenvalue weighted by Crippen LogP contribution is 2.23. The van der Waals surface area contributed by atoms with Gasteiger partial charge in [-0.1, -0.05) is 13.8 Å². The molecule has 18 heavy (non-hydrogen) atoms. The largest absolute Gasteiger partial charge is 0.486 e. The van der Waals surface area contributed by atoms with E-state index in [1.54, 1.807) is 13.0 Å². The molecule has 0 aliphatic carbocycles. The first-order chi connectivity index (χ1) is 8.45. The highest BCUT2D eigenvalue weighted by Gasteiger charge is 2.13. The van der Waals surface area contributed by atoms with Crippen LogP contribution >= 0.6 is 0 Å². The van der Waals surface area contributed by atoms with Crippen LogP contribution in [0.4, 0.5) is 5.69 Å². The van der Waals surface area contributed by atoms with Crippen molar-refractivity contribution in [3.8, 4) is 5.75 Å². The summed E-state index contributed by atoms with van der Waals surface area (Å²) in [6.07, 6.45) is 0.779. The highest BCUT2D eigenvalue weighted by atomic mass is 16.6. The average Bonchev–Trinajstić information content (AvgIpc) is 2.34. The van der Waals surface area contributed by atoms with Crippen LogP contribution in [0.2, 0.25) is 0 Å². The number of benzene rings is 1. The van der Waals surface area contributed by atoms with Gasteiger partial charge in [0.1, 0.15) is 12.4 Å². The van der Waals surface area contributed by atoms with E-state index < -0.39 is 4.92 Å². The maximum absolute atomic E-state index is 11.6. The van der Waals surface area contributed by atoms with Crippen LogP contribution in [0.1, 0.15) is 25.8 Å². The molecule has 1 atom stereocenters. The third-order valence-electron chi connectivity index (χ3n) is 2.91. The Balaban J connectivity index is 2.67. The third-order valence-corrected chi connectivity index (χ3v) is 2.91. The fourth-order valence-electron chi connectivity index (χ4n) is 1.45. The van der Waals surface area contributed by atoms with Gasteiger partial charge in [0.2, 0.25) is 0 Å². The van der Waals surface area contributed by atoms with Gasteiger partial charge in [-0.2, -0.15) is 0 Å². The Morgan fingerprint density at radius 1 is 1.50 bits per heavy atom. The Morgan fingerprint density at radius 3 is 2.67 bits per heavy atom. The average molecular weight is 251 g/mol. The zero-order valence-corrected chi connectivity index (χ0v) is 10.8. The second kappa shape index (κ2) is 6.14. The van der Waals surface area contributed by atoms with Gasteiger partial charge in [0.05, 0.1) is 4.92 Å². The summed E-state index contributed by atoms with van der Waals surface area (Å²) in [6.45, 7) is 5.44. The van der Waals surface area contributed by atoms with Crippen molar-refractivity contribution in [1.29, 1.82) is 0 Å². The van der Waals surface area contributed by atoms with Gasteiger partial charge in [-0.3, -0.25) is 14.9 Å². The molecular weight excluding hydrogens is 234 g/mol. The second-order valence-corrected chi connectivity index (χ2v) is 4.27. The summed E-state index contributed by atoms with van der Waals surface area (Å²) in [5, 5.41) is 10.6. The predicted octanol–water partition coefficient (Wildman–Crippen LogP) is 2.90. The number of nitrogens with zero attached hydrogens (tertiary/aromatic N) is 1. The van der Waals surface area contributed by atoms with Crippen LogP contribution in [-0.2, 0) is 4.79 Å². The molecule has 0 aromatic heterocycles. The predicted molar refractivity (Wildman–Crippen MR) is 67.8 cm³/mol. The number of Topliss-reactive ketones (excluding diaryl/α,β-unsaturated/α-hetero) is 1. The summed E-state index contributed by atoms with van der Waals surface area (Å²) < 4.78 is 5.33. The number of nitro groups is 1. The molecule has 1 rings (SSSR count). The zero-order valence-electron chi connectivity index (χ0n) is 10.8. The van der Waals surface area contributed by atoms with E-state index in [0.29, 0.717) is 11.3 Å². The molecule has 0 aliphatic heterocycles. The van der Waals surface area contributed by atoms with Crippen molar-refractivity contribution in [2.75, 3.05) is 6.61 Å². The number of nitro benzene ring substituents is 1. The van der Waals surface area contributed by atoms with E-state index in [0.717, 1.165) is 6.42 Å². The first-order valence-electron chi connectivity index (χ1n) is 5.86. The van der Waals surface area contributed by atoms with E-state index in [-0.39, 0.29) is 24.0 Å². The molecule has 0 saturated heterocycles. The maximum Gasteiger partial charge on any atom is 0.272 e. The molecule has 0 heterocycles. The summed E-state index contributed by atoms with van der Waals surface area (Å²) in [5.74, 6) is 0.493. The number of aryl methyl sites for hydroxylation is 1. The standard InChI is InChI=1S/C13H17NO4/c1-4-9(2)13(15)8-18-11-5-6-12(14(16)17)10(3)7-11/h5-7,9H,4,8H2,1-3H3. The molecule has 0 saturated carbocycles. The van der Waals surface area contributed by atoms with Crippen molar-refractivity contribution in [2.24, 2.45) is 5.92 Å². The van der Waals surface area contributed by atoms with Gasteiger partial charge in [0, 0.05) is 17.5 Å². The minimum absolute atomic E-state index is 0.00621. The van der Waals surface area contributed by atoms with Crippen molar-refractivity contribution < 1.29 is 14.5 Å². The number of ether oxygens (including phenoxy) is 1. The van der Waals surface area contributed by atoms with Crippen LogP contribution < -0.4 is 4.74 Å². The third kappa shape index (κ3) is 3.55. The Morgan fingerprint density at radius 2 is 2.17 bits per heavy atom. The van der Waals surface area contributed by atoms with E-state index in [1.165, 1.54) is 12.1 Å². The first-order valence-corrected chi connectivity index (χ1v) is 5.86. The fourth-order valence-corrected chi connectivity index (χ4v) is 1.45. The maximum atomic E-state index is 11.6. The van der Waals surface area contributed by atoms with Crippen molar-refractivity contribution in [3.63, 3.8) is 0 Å². The van der Waals surface area contributed by atoms with Crippen molar-refractivity contribution in [2.45, 2.75) is 27.2 Å². The van der Waals surface area contributed by atoms with E-state index in [9.17, 15) is 14.9 Å². The molecule has 1 aromatic rings. The lowest BCUT2D eigenvalue weighted by molar-refractivity contribution is -0.385. The topological polar surface area (TPSA) is 69.4 Å². The van der Waals surface area contributed by atoms with Crippen LogP contribution in [0.25, 0.3) is 0 Å². The molecule has 0 N–H and O–H groups in total. The summed E-state index contributed by atoms with van der Waals surface area (Å²) >= 11 is 0. The molecule has 0 spiro atoms. The molecule has 0 bridgehead atoms. The smallest absolute Gasteiger partial charge is 0.272 e. The van der Waals surface area contributed by atoms with Crippen molar-refractivity contribution in [3.05, 3.63) is 33.9 Å². The number of rotatable bonds is 6. The van der Waals surface area contributed by atoms with Gasteiger partial charge in [0.25, 0.3) is 5.69 Å². The highest BCUT2D eigenvalue weighted by molar-refractivity contribution is 5.82. The van der Waals surface area contributed by atoms with Crippen molar-refractivity contribution >= 4 is 11.5 Å². The molecule has 0 amide bonds. The van der Waals surface area contributed by atoms with Gasteiger partial charge in [0.15, 0.2) is 5.78 Å². The lowest BCUT2D eigenvalue weighted by atomic mass is 10.0. The SMILES string of the molecule is CCC(C)C(=O)COc1ccc([N+](=O)[O-])c(C)c1. The Kier molecular flexibility index (Phi) is 4.83. The summed E-state index contributed by atoms with van der Waals surface area (Å²) in [4.78, 5) is 21.8. The molecule has 5 heteroatoms. The minimum atomic E-state index is -0.441. The van der Waals surface area contributed by atoms with Crippen LogP contribution in [0.15, 0.2) is 18.2 Å². The lowest BCUT2D eigenvalue weighted by Crippen LogP contribution is -2.18. The van der Waals surface area contributed by atoms with Crippen LogP contribution in [0.3, 0.4) is 0 Å². The van der Waals surface area contributed by atoms with E-state index in [4.69, 9.17) is 4.74 Å². The number of ketones is 1. The summed E-state index contributed by atoms with van der Waals surface area (Å²) in [6, 6.07) is 4.47. The van der Waals surface area contributed by atoms with E-state index in [1.807, 2.05) is 13.8 Å². The minimum Gasteiger partial charge on any atom is -0.486 e. The molecule has 98 valence electrons. The molecular formula is C13H17NO4. The molecule has 5 nitrogen and oxygen atoms in total. The van der Waals surface area contributed by atoms with Gasteiger partial charge >= 0.3 is 0 Å². The van der Waals surface area contributed by atoms with Gasteiger partial charge < -0.3 is 4.74 Å². The lowest BCUT2D eigenvalue weighted by Gasteiger charge is -2.09. The van der Waals surface area contributed by atoms with Gasteiger partial charge in [-0.15, -0.1) is 0 Å². The zero-order chi connectivity index (χ0) is 13.7. The number of hydrogen-bond acceptors (Lipinski definition) is 4. The Labute approximate surface area is 106 Å². The second-order valence-electron chi connectivity index (χ2n) is 4.27. The number of carbonyl (C=O) groups excluding carboxylic acids is 1. The summed E-state index contributed by atoms with van der Waals surface area (Å²) in [5.41, 5.74) is 0.573. The molecule has 0 fully saturated rings. The molecule has 1 aromatic carbocycles. The van der Waals surface area contributed by atoms with E-state index in [2.05, 4.69) is 0 Å². The van der Waals surface area contributed by atoms with Gasteiger partial charge in [-0.25, -0.2) is 0 Å².